The van der Waals surface area contributed by atoms with Crippen LogP contribution in [0.15, 0.2) is 10.6 Å². The first-order valence-electron chi connectivity index (χ1n) is 7.46. The van der Waals surface area contributed by atoms with E-state index < -0.39 is 0 Å². The number of rotatable bonds is 5. The molecule has 0 radical (unpaired) electrons. The number of nitrogens with zero attached hydrogens (tertiary/aromatic N) is 5. The second-order valence-corrected chi connectivity index (χ2v) is 6.47. The van der Waals surface area contributed by atoms with E-state index in [1.807, 2.05) is 13.0 Å². The number of hydrogen-bond acceptors (Lipinski definition) is 7. The first kappa shape index (κ1) is 14.5. The third-order valence-electron chi connectivity index (χ3n) is 3.62. The number of aromatic nitrogens is 3. The summed E-state index contributed by atoms with van der Waals surface area (Å²) >= 11 is 1.73. The first-order chi connectivity index (χ1) is 10.2. The van der Waals surface area contributed by atoms with E-state index >= 15 is 0 Å². The molecule has 0 aromatic carbocycles. The molecule has 0 saturated carbocycles. The molecule has 2 aromatic heterocycles. The van der Waals surface area contributed by atoms with Crippen LogP contribution in [0.1, 0.15) is 29.8 Å². The number of hydrogen-bond donors (Lipinski definition) is 0. The smallest absolute Gasteiger partial charge is 0.208 e. The van der Waals surface area contributed by atoms with Crippen molar-refractivity contribution in [2.45, 2.75) is 33.2 Å². The average molecular weight is 307 g/mol. The fraction of sp³-hybridized carbons (Fsp3) is 0.643. The van der Waals surface area contributed by atoms with Crippen LogP contribution in [0.2, 0.25) is 0 Å². The average Bonchev–Trinajstić information content (AvgIpc) is 3.10. The molecular weight excluding hydrogens is 286 g/mol. The van der Waals surface area contributed by atoms with Crippen LogP contribution in [0.3, 0.4) is 0 Å². The fourth-order valence-electron chi connectivity index (χ4n) is 2.50. The van der Waals surface area contributed by atoms with E-state index in [-0.39, 0.29) is 0 Å². The van der Waals surface area contributed by atoms with Crippen molar-refractivity contribution in [3.05, 3.63) is 22.5 Å². The molecule has 0 unspecified atom stereocenters. The maximum Gasteiger partial charge on any atom is 0.208 e. The molecule has 7 heteroatoms. The summed E-state index contributed by atoms with van der Waals surface area (Å²) in [4.78, 5) is 4.73. The van der Waals surface area contributed by atoms with Crippen LogP contribution in [-0.4, -0.2) is 46.4 Å². The van der Waals surface area contributed by atoms with Gasteiger partial charge in [-0.25, -0.2) is 0 Å². The summed E-state index contributed by atoms with van der Waals surface area (Å²) in [6.45, 7) is 8.98. The summed E-state index contributed by atoms with van der Waals surface area (Å²) in [6, 6.07) is 2.01. The van der Waals surface area contributed by atoms with Crippen LogP contribution in [0.5, 0.6) is 0 Å². The van der Waals surface area contributed by atoms with E-state index in [1.165, 1.54) is 0 Å². The zero-order valence-electron chi connectivity index (χ0n) is 12.6. The van der Waals surface area contributed by atoms with Crippen molar-refractivity contribution in [3.8, 4) is 0 Å². The Kier molecular flexibility index (Phi) is 4.50. The van der Waals surface area contributed by atoms with Gasteiger partial charge in [0.15, 0.2) is 5.76 Å². The molecule has 3 rings (SSSR count). The summed E-state index contributed by atoms with van der Waals surface area (Å²) in [5, 5.41) is 14.7. The van der Waals surface area contributed by atoms with Crippen molar-refractivity contribution in [2.24, 2.45) is 0 Å². The van der Waals surface area contributed by atoms with Gasteiger partial charge in [-0.3, -0.25) is 4.90 Å². The molecule has 2 aromatic rings. The highest BCUT2D eigenvalue weighted by molar-refractivity contribution is 7.15. The Labute approximate surface area is 128 Å². The standard InChI is InChI=1S/C14H21N5OS/c1-3-4-13-15-16-14(21-13)19-7-5-18(6-8-19)10-12-9-11(2)17-20-12/h9H,3-8,10H2,1-2H3. The highest BCUT2D eigenvalue weighted by Gasteiger charge is 2.21. The molecule has 0 spiro atoms. The molecule has 0 aliphatic carbocycles. The Morgan fingerprint density at radius 1 is 1.24 bits per heavy atom. The van der Waals surface area contributed by atoms with Gasteiger partial charge < -0.3 is 9.42 Å². The minimum atomic E-state index is 0.839. The van der Waals surface area contributed by atoms with Crippen LogP contribution in [-0.2, 0) is 13.0 Å². The predicted molar refractivity (Wildman–Crippen MR) is 82.6 cm³/mol. The van der Waals surface area contributed by atoms with Crippen LogP contribution in [0.25, 0.3) is 0 Å². The van der Waals surface area contributed by atoms with Gasteiger partial charge in [0.2, 0.25) is 5.13 Å². The van der Waals surface area contributed by atoms with Crippen LogP contribution < -0.4 is 4.90 Å². The fourth-order valence-corrected chi connectivity index (χ4v) is 3.49. The summed E-state index contributed by atoms with van der Waals surface area (Å²) in [6.07, 6.45) is 2.15. The quantitative estimate of drug-likeness (QED) is 0.843. The second kappa shape index (κ2) is 6.53. The molecule has 1 aliphatic heterocycles. The third kappa shape index (κ3) is 3.59. The maximum absolute atomic E-state index is 5.28. The largest absolute Gasteiger partial charge is 0.360 e. The SMILES string of the molecule is CCCc1nnc(N2CCN(Cc3cc(C)no3)CC2)s1. The zero-order chi connectivity index (χ0) is 14.7. The lowest BCUT2D eigenvalue weighted by atomic mass is 10.3. The summed E-state index contributed by atoms with van der Waals surface area (Å²) < 4.78 is 5.28. The lowest BCUT2D eigenvalue weighted by molar-refractivity contribution is 0.219. The lowest BCUT2D eigenvalue weighted by Gasteiger charge is -2.33. The third-order valence-corrected chi connectivity index (χ3v) is 4.66. The Bertz CT molecular complexity index is 573. The molecule has 0 amide bonds. The van der Waals surface area contributed by atoms with Gasteiger partial charge in [-0.1, -0.05) is 23.4 Å². The van der Waals surface area contributed by atoms with Crippen molar-refractivity contribution in [1.29, 1.82) is 0 Å². The Morgan fingerprint density at radius 3 is 2.71 bits per heavy atom. The molecule has 21 heavy (non-hydrogen) atoms. The predicted octanol–water partition coefficient (Wildman–Crippen LogP) is 2.11. The molecule has 0 N–H and O–H groups in total. The van der Waals surface area contributed by atoms with Crippen molar-refractivity contribution in [3.63, 3.8) is 0 Å². The summed E-state index contributed by atoms with van der Waals surface area (Å²) in [5.41, 5.74) is 0.945. The van der Waals surface area contributed by atoms with E-state index in [9.17, 15) is 0 Å². The lowest BCUT2D eigenvalue weighted by Crippen LogP contribution is -2.45. The van der Waals surface area contributed by atoms with E-state index in [0.717, 1.165) is 67.2 Å². The van der Waals surface area contributed by atoms with Gasteiger partial charge in [0.05, 0.1) is 12.2 Å². The number of anilines is 1. The van der Waals surface area contributed by atoms with Crippen molar-refractivity contribution < 1.29 is 4.52 Å². The highest BCUT2D eigenvalue weighted by atomic mass is 32.1. The van der Waals surface area contributed by atoms with Crippen molar-refractivity contribution >= 4 is 16.5 Å². The molecular formula is C14H21N5OS. The van der Waals surface area contributed by atoms with E-state index in [4.69, 9.17) is 4.52 Å². The molecule has 1 aliphatic rings. The van der Waals surface area contributed by atoms with Crippen LogP contribution >= 0.6 is 11.3 Å². The second-order valence-electron chi connectivity index (χ2n) is 5.43. The Balaban J connectivity index is 1.52. The van der Waals surface area contributed by atoms with E-state index in [0.29, 0.717) is 0 Å². The molecule has 6 nitrogen and oxygen atoms in total. The van der Waals surface area contributed by atoms with E-state index in [1.54, 1.807) is 11.3 Å². The van der Waals surface area contributed by atoms with Crippen molar-refractivity contribution in [1.82, 2.24) is 20.3 Å². The highest BCUT2D eigenvalue weighted by Crippen LogP contribution is 2.22. The van der Waals surface area contributed by atoms with E-state index in [2.05, 4.69) is 32.1 Å². The Hall–Kier alpha value is -1.47. The molecule has 0 atom stereocenters. The number of aryl methyl sites for hydroxylation is 2. The molecule has 1 fully saturated rings. The minimum Gasteiger partial charge on any atom is -0.360 e. The van der Waals surface area contributed by atoms with Gasteiger partial charge in [-0.05, 0) is 13.3 Å². The van der Waals surface area contributed by atoms with Gasteiger partial charge in [0.1, 0.15) is 5.01 Å². The summed E-state index contributed by atoms with van der Waals surface area (Å²) in [5.74, 6) is 0.946. The monoisotopic (exact) mass is 307 g/mol. The first-order valence-corrected chi connectivity index (χ1v) is 8.28. The van der Waals surface area contributed by atoms with Gasteiger partial charge >= 0.3 is 0 Å². The minimum absolute atomic E-state index is 0.839. The molecule has 114 valence electrons. The van der Waals surface area contributed by atoms with Crippen LogP contribution in [0.4, 0.5) is 5.13 Å². The van der Waals surface area contributed by atoms with Gasteiger partial charge in [0.25, 0.3) is 0 Å². The molecule has 0 bridgehead atoms. The zero-order valence-corrected chi connectivity index (χ0v) is 13.4. The summed E-state index contributed by atoms with van der Waals surface area (Å²) in [7, 11) is 0. The topological polar surface area (TPSA) is 58.3 Å². The van der Waals surface area contributed by atoms with Gasteiger partial charge in [-0.15, -0.1) is 10.2 Å². The normalized spacial score (nSPS) is 16.6. The van der Waals surface area contributed by atoms with Gasteiger partial charge in [-0.2, -0.15) is 0 Å². The molecule has 3 heterocycles. The molecule has 1 saturated heterocycles. The maximum atomic E-state index is 5.28. The Morgan fingerprint density at radius 2 is 2.05 bits per heavy atom. The van der Waals surface area contributed by atoms with Crippen molar-refractivity contribution in [2.75, 3.05) is 31.1 Å². The number of piperazine rings is 1. The van der Waals surface area contributed by atoms with Gasteiger partial charge in [0, 0.05) is 38.7 Å². The van der Waals surface area contributed by atoms with Crippen LogP contribution in [0, 0.1) is 6.92 Å².